The largest absolute Gasteiger partial charge is 0.417 e. The highest BCUT2D eigenvalue weighted by Crippen LogP contribution is 2.36. The van der Waals surface area contributed by atoms with Crippen LogP contribution in [-0.2, 0) is 6.18 Å². The molecule has 0 amide bonds. The van der Waals surface area contributed by atoms with Gasteiger partial charge >= 0.3 is 6.18 Å². The van der Waals surface area contributed by atoms with Crippen molar-refractivity contribution in [1.82, 2.24) is 0 Å². The lowest BCUT2D eigenvalue weighted by atomic mass is 10.0. The zero-order valence-corrected chi connectivity index (χ0v) is 13.2. The van der Waals surface area contributed by atoms with E-state index in [0.29, 0.717) is 0 Å². The molecule has 0 saturated heterocycles. The van der Waals surface area contributed by atoms with Crippen molar-refractivity contribution in [3.8, 4) is 0 Å². The molecule has 0 saturated carbocycles. The number of nitrogens with one attached hydrogen (secondary N) is 1. The monoisotopic (exact) mass is 350 g/mol. The molecule has 0 bridgehead atoms. The molecule has 3 N–H and O–H groups in total. The normalized spacial score (nSPS) is 13.0. The van der Waals surface area contributed by atoms with Gasteiger partial charge in [0.05, 0.1) is 10.6 Å². The lowest BCUT2D eigenvalue weighted by Gasteiger charge is -2.19. The van der Waals surface area contributed by atoms with Crippen molar-refractivity contribution in [3.63, 3.8) is 0 Å². The Labute approximate surface area is 142 Å². The molecule has 0 radical (unpaired) electrons. The van der Waals surface area contributed by atoms with E-state index < -0.39 is 17.9 Å². The summed E-state index contributed by atoms with van der Waals surface area (Å²) in [5.74, 6) is 0. The van der Waals surface area contributed by atoms with Crippen LogP contribution in [0.1, 0.15) is 17.3 Å². The number of anilines is 1. The van der Waals surface area contributed by atoms with Crippen molar-refractivity contribution in [2.24, 2.45) is 5.73 Å². The first-order valence-electron chi connectivity index (χ1n) is 7.23. The summed E-state index contributed by atoms with van der Waals surface area (Å²) in [4.78, 5) is 0. The molecular weight excluding hydrogens is 337 g/mol. The Morgan fingerprint density at radius 1 is 0.958 bits per heavy atom. The van der Waals surface area contributed by atoms with Gasteiger partial charge < -0.3 is 11.1 Å². The zero-order valence-electron chi connectivity index (χ0n) is 12.4. The second-order valence-corrected chi connectivity index (χ2v) is 5.79. The zero-order chi connectivity index (χ0) is 17.3. The molecular formula is C18H14ClF3N2. The van der Waals surface area contributed by atoms with E-state index in [-0.39, 0.29) is 10.7 Å². The van der Waals surface area contributed by atoms with Gasteiger partial charge in [0.15, 0.2) is 0 Å². The summed E-state index contributed by atoms with van der Waals surface area (Å²) in [7, 11) is 0. The molecule has 3 rings (SSSR count). The second kappa shape index (κ2) is 6.34. The lowest BCUT2D eigenvalue weighted by Crippen LogP contribution is -2.20. The van der Waals surface area contributed by atoms with Gasteiger partial charge in [0, 0.05) is 5.69 Å². The molecule has 3 aromatic rings. The number of halogens is 4. The number of rotatable bonds is 3. The summed E-state index contributed by atoms with van der Waals surface area (Å²) >= 11 is 5.63. The summed E-state index contributed by atoms with van der Waals surface area (Å²) in [6.45, 7) is 0. The van der Waals surface area contributed by atoms with Crippen LogP contribution in [0.4, 0.5) is 18.9 Å². The third kappa shape index (κ3) is 3.32. The standard InChI is InChI=1S/C18H14ClF3N2/c19-16-9-8-12(10-15(16)18(20,21)22)24-17(23)14-7-3-5-11-4-1-2-6-13(11)14/h1-10,17,24H,23H2. The summed E-state index contributed by atoms with van der Waals surface area (Å²) in [5, 5.41) is 4.53. The highest BCUT2D eigenvalue weighted by Gasteiger charge is 2.33. The highest BCUT2D eigenvalue weighted by molar-refractivity contribution is 6.31. The minimum Gasteiger partial charge on any atom is -0.366 e. The second-order valence-electron chi connectivity index (χ2n) is 5.38. The van der Waals surface area contributed by atoms with Gasteiger partial charge in [-0.15, -0.1) is 0 Å². The van der Waals surface area contributed by atoms with Crippen LogP contribution < -0.4 is 11.1 Å². The maximum Gasteiger partial charge on any atom is 0.417 e. The van der Waals surface area contributed by atoms with Crippen molar-refractivity contribution in [3.05, 3.63) is 76.8 Å². The molecule has 0 heterocycles. The molecule has 0 aromatic heterocycles. The van der Waals surface area contributed by atoms with Crippen LogP contribution in [0.2, 0.25) is 5.02 Å². The molecule has 0 aliphatic carbocycles. The molecule has 1 atom stereocenters. The molecule has 3 aromatic carbocycles. The van der Waals surface area contributed by atoms with Gasteiger partial charge in [-0.1, -0.05) is 54.1 Å². The summed E-state index contributed by atoms with van der Waals surface area (Å²) < 4.78 is 38.9. The van der Waals surface area contributed by atoms with Gasteiger partial charge in [0.1, 0.15) is 6.17 Å². The van der Waals surface area contributed by atoms with Crippen LogP contribution >= 0.6 is 11.6 Å². The minimum atomic E-state index is -4.52. The Kier molecular flexibility index (Phi) is 4.39. The summed E-state index contributed by atoms with van der Waals surface area (Å²) in [6, 6.07) is 17.0. The van der Waals surface area contributed by atoms with Crippen LogP contribution in [0.5, 0.6) is 0 Å². The van der Waals surface area contributed by atoms with Gasteiger partial charge in [-0.05, 0) is 34.5 Å². The van der Waals surface area contributed by atoms with E-state index in [1.54, 1.807) is 0 Å². The highest BCUT2D eigenvalue weighted by atomic mass is 35.5. The molecule has 0 aliphatic heterocycles. The fourth-order valence-corrected chi connectivity index (χ4v) is 2.84. The first-order valence-corrected chi connectivity index (χ1v) is 7.60. The SMILES string of the molecule is NC(Nc1ccc(Cl)c(C(F)(F)F)c1)c1cccc2ccccc12. The smallest absolute Gasteiger partial charge is 0.366 e. The van der Waals surface area contributed by atoms with Crippen molar-refractivity contribution >= 4 is 28.1 Å². The summed E-state index contributed by atoms with van der Waals surface area (Å²) in [5.41, 5.74) is 6.33. The van der Waals surface area contributed by atoms with Crippen LogP contribution in [-0.4, -0.2) is 0 Å². The van der Waals surface area contributed by atoms with Crippen molar-refractivity contribution < 1.29 is 13.2 Å². The van der Waals surface area contributed by atoms with Crippen LogP contribution in [0.3, 0.4) is 0 Å². The number of alkyl halides is 3. The molecule has 1 unspecified atom stereocenters. The fraction of sp³-hybridized carbons (Fsp3) is 0.111. The third-order valence-electron chi connectivity index (χ3n) is 3.75. The fourth-order valence-electron chi connectivity index (χ4n) is 2.61. The van der Waals surface area contributed by atoms with E-state index in [4.69, 9.17) is 17.3 Å². The van der Waals surface area contributed by atoms with Crippen molar-refractivity contribution in [1.29, 1.82) is 0 Å². The molecule has 0 aliphatic rings. The Morgan fingerprint density at radius 2 is 1.67 bits per heavy atom. The van der Waals surface area contributed by atoms with Gasteiger partial charge in [0.2, 0.25) is 0 Å². The first kappa shape index (κ1) is 16.6. The van der Waals surface area contributed by atoms with E-state index in [0.717, 1.165) is 22.4 Å². The van der Waals surface area contributed by atoms with Crippen LogP contribution in [0, 0.1) is 0 Å². The Morgan fingerprint density at radius 3 is 2.42 bits per heavy atom. The van der Waals surface area contributed by atoms with Crippen molar-refractivity contribution in [2.75, 3.05) is 5.32 Å². The maximum atomic E-state index is 13.0. The quantitative estimate of drug-likeness (QED) is 0.605. The number of fused-ring (bicyclic) bond motifs is 1. The van der Waals surface area contributed by atoms with Gasteiger partial charge in [0.25, 0.3) is 0 Å². The van der Waals surface area contributed by atoms with Crippen LogP contribution in [0.15, 0.2) is 60.7 Å². The van der Waals surface area contributed by atoms with E-state index in [1.165, 1.54) is 12.1 Å². The van der Waals surface area contributed by atoms with E-state index in [9.17, 15) is 13.2 Å². The lowest BCUT2D eigenvalue weighted by molar-refractivity contribution is -0.137. The van der Waals surface area contributed by atoms with E-state index in [2.05, 4.69) is 5.32 Å². The topological polar surface area (TPSA) is 38.0 Å². The van der Waals surface area contributed by atoms with E-state index >= 15 is 0 Å². The molecule has 24 heavy (non-hydrogen) atoms. The number of nitrogens with two attached hydrogens (primary N) is 1. The summed E-state index contributed by atoms with van der Waals surface area (Å²) in [6.07, 6.45) is -5.17. The number of hydrogen-bond donors (Lipinski definition) is 2. The van der Waals surface area contributed by atoms with E-state index in [1.807, 2.05) is 42.5 Å². The van der Waals surface area contributed by atoms with Gasteiger partial charge in [-0.2, -0.15) is 13.2 Å². The van der Waals surface area contributed by atoms with Gasteiger partial charge in [-0.25, -0.2) is 0 Å². The predicted octanol–water partition coefficient (Wildman–Crippen LogP) is 5.58. The Balaban J connectivity index is 1.93. The van der Waals surface area contributed by atoms with Crippen molar-refractivity contribution in [2.45, 2.75) is 12.3 Å². The minimum absolute atomic E-state index is 0.257. The average Bonchev–Trinajstić information content (AvgIpc) is 2.55. The number of hydrogen-bond acceptors (Lipinski definition) is 2. The molecule has 0 fully saturated rings. The molecule has 124 valence electrons. The molecule has 0 spiro atoms. The Hall–Kier alpha value is -2.24. The third-order valence-corrected chi connectivity index (χ3v) is 4.08. The Bertz CT molecular complexity index is 872. The van der Waals surface area contributed by atoms with Gasteiger partial charge in [-0.3, -0.25) is 0 Å². The maximum absolute atomic E-state index is 13.0. The predicted molar refractivity (Wildman–Crippen MR) is 91.0 cm³/mol. The first-order chi connectivity index (χ1) is 11.4. The molecule has 2 nitrogen and oxygen atoms in total. The molecule has 6 heteroatoms. The number of benzene rings is 3. The average molecular weight is 351 g/mol. The van der Waals surface area contributed by atoms with Crippen LogP contribution in [0.25, 0.3) is 10.8 Å².